The van der Waals surface area contributed by atoms with Gasteiger partial charge in [-0.15, -0.1) is 0 Å². The summed E-state index contributed by atoms with van der Waals surface area (Å²) in [5, 5.41) is 0. The lowest BCUT2D eigenvalue weighted by atomic mass is 10.0. The quantitative estimate of drug-likeness (QED) is 0.796. The summed E-state index contributed by atoms with van der Waals surface area (Å²) in [5.74, 6) is 0. The van der Waals surface area contributed by atoms with Gasteiger partial charge < -0.3 is 9.79 Å². The summed E-state index contributed by atoms with van der Waals surface area (Å²) < 4.78 is 13.3. The number of hydrogen-bond donors (Lipinski definition) is 2. The van der Waals surface area contributed by atoms with Crippen LogP contribution in [-0.4, -0.2) is 20.5 Å². The monoisotopic (exact) mass is 319 g/mol. The van der Waals surface area contributed by atoms with Gasteiger partial charge in [-0.1, -0.05) is 60.7 Å². The molecule has 0 aromatic heterocycles. The van der Waals surface area contributed by atoms with E-state index in [9.17, 15) is 14.4 Å². The van der Waals surface area contributed by atoms with Gasteiger partial charge in [-0.2, -0.15) is 4.67 Å². The van der Waals surface area contributed by atoms with E-state index in [2.05, 4.69) is 0 Å². The second kappa shape index (κ2) is 7.21. The van der Waals surface area contributed by atoms with E-state index in [0.29, 0.717) is 6.42 Å². The normalized spacial score (nSPS) is 14.8. The molecule has 2 unspecified atom stereocenters. The van der Waals surface area contributed by atoms with Crippen molar-refractivity contribution in [3.63, 3.8) is 0 Å². The zero-order valence-corrected chi connectivity index (χ0v) is 13.7. The van der Waals surface area contributed by atoms with E-state index in [1.54, 1.807) is 0 Å². The van der Waals surface area contributed by atoms with Crippen LogP contribution in [0.4, 0.5) is 0 Å². The fourth-order valence-electron chi connectivity index (χ4n) is 2.80. The highest BCUT2D eigenvalue weighted by molar-refractivity contribution is 7.49. The summed E-state index contributed by atoms with van der Waals surface area (Å²) in [5.41, 5.74) is 1.96. The van der Waals surface area contributed by atoms with E-state index in [0.717, 1.165) is 11.1 Å². The van der Waals surface area contributed by atoms with Gasteiger partial charge in [0.25, 0.3) is 0 Å². The summed E-state index contributed by atoms with van der Waals surface area (Å²) in [6.45, 7) is 3.68. The zero-order chi connectivity index (χ0) is 16.2. The molecule has 0 saturated heterocycles. The Bertz CT molecular complexity index is 627. The lowest BCUT2D eigenvalue weighted by molar-refractivity contribution is 0.196. The number of hydrogen-bond acceptors (Lipinski definition) is 1. The Morgan fingerprint density at radius 3 is 1.95 bits per heavy atom. The molecule has 22 heavy (non-hydrogen) atoms. The van der Waals surface area contributed by atoms with Gasteiger partial charge in [-0.25, -0.2) is 4.57 Å². The summed E-state index contributed by atoms with van der Waals surface area (Å²) in [7, 11) is -4.36. The second-order valence-corrected chi connectivity index (χ2v) is 7.01. The highest BCUT2D eigenvalue weighted by Crippen LogP contribution is 2.48. The predicted molar refractivity (Wildman–Crippen MR) is 88.3 cm³/mol. The standard InChI is InChI=1S/C17H22NO3P/c1-14(13-16-9-5-3-6-10-16)18(22(19,20)21)15(2)17-11-7-4-8-12-17/h3-12,14-15H,13H2,1-2H3,(H2,19,20,21). The summed E-state index contributed by atoms with van der Waals surface area (Å²) >= 11 is 0. The third-order valence-corrected chi connectivity index (χ3v) is 5.15. The van der Waals surface area contributed by atoms with Crippen molar-refractivity contribution in [3.05, 3.63) is 71.8 Å². The van der Waals surface area contributed by atoms with Crippen molar-refractivity contribution in [2.24, 2.45) is 0 Å². The van der Waals surface area contributed by atoms with E-state index < -0.39 is 7.75 Å². The molecule has 2 aromatic carbocycles. The Morgan fingerprint density at radius 2 is 1.45 bits per heavy atom. The molecule has 5 heteroatoms. The van der Waals surface area contributed by atoms with Crippen LogP contribution in [0.15, 0.2) is 60.7 Å². The molecule has 2 aromatic rings. The first kappa shape index (κ1) is 16.9. The van der Waals surface area contributed by atoms with Crippen molar-refractivity contribution in [1.29, 1.82) is 0 Å². The summed E-state index contributed by atoms with van der Waals surface area (Å²) in [4.78, 5) is 19.6. The van der Waals surface area contributed by atoms with Crippen molar-refractivity contribution in [2.75, 3.05) is 0 Å². The second-order valence-electron chi connectivity index (χ2n) is 5.52. The van der Waals surface area contributed by atoms with Gasteiger partial charge in [0.1, 0.15) is 0 Å². The Morgan fingerprint density at radius 1 is 0.955 bits per heavy atom. The average Bonchev–Trinajstić information content (AvgIpc) is 2.47. The molecule has 0 amide bonds. The Labute approximate surface area is 131 Å². The lowest BCUT2D eigenvalue weighted by Crippen LogP contribution is -2.34. The van der Waals surface area contributed by atoms with E-state index in [4.69, 9.17) is 0 Å². The van der Waals surface area contributed by atoms with Crippen molar-refractivity contribution in [2.45, 2.75) is 32.4 Å². The van der Waals surface area contributed by atoms with Gasteiger partial charge in [0.15, 0.2) is 0 Å². The van der Waals surface area contributed by atoms with Crippen LogP contribution in [0.3, 0.4) is 0 Å². The zero-order valence-electron chi connectivity index (χ0n) is 12.8. The van der Waals surface area contributed by atoms with Gasteiger partial charge in [0, 0.05) is 12.1 Å². The largest absolute Gasteiger partial charge is 0.403 e. The molecular weight excluding hydrogens is 297 g/mol. The van der Waals surface area contributed by atoms with Crippen molar-refractivity contribution in [1.82, 2.24) is 4.67 Å². The molecule has 0 saturated carbocycles. The van der Waals surface area contributed by atoms with Crippen molar-refractivity contribution >= 4 is 7.75 Å². The first-order valence-electron chi connectivity index (χ1n) is 7.33. The summed E-state index contributed by atoms with van der Waals surface area (Å²) in [6, 6.07) is 18.5. The topological polar surface area (TPSA) is 60.8 Å². The first-order valence-corrected chi connectivity index (χ1v) is 8.89. The van der Waals surface area contributed by atoms with E-state index in [-0.39, 0.29) is 12.1 Å². The molecule has 0 bridgehead atoms. The van der Waals surface area contributed by atoms with Crippen LogP contribution in [0.25, 0.3) is 0 Å². The highest BCUT2D eigenvalue weighted by Gasteiger charge is 2.35. The van der Waals surface area contributed by atoms with E-state index >= 15 is 0 Å². The molecular formula is C17H22NO3P. The SMILES string of the molecule is CC(Cc1ccccc1)N(C(C)c1ccccc1)P(=O)(O)O. The molecule has 2 N–H and O–H groups in total. The molecule has 2 rings (SSSR count). The smallest absolute Gasteiger partial charge is 0.312 e. The predicted octanol–water partition coefficient (Wildman–Crippen LogP) is 3.77. The Kier molecular flexibility index (Phi) is 5.54. The molecule has 0 aliphatic heterocycles. The molecule has 0 radical (unpaired) electrons. The van der Waals surface area contributed by atoms with E-state index in [1.807, 2.05) is 74.5 Å². The van der Waals surface area contributed by atoms with Crippen molar-refractivity contribution in [3.8, 4) is 0 Å². The maximum absolute atomic E-state index is 12.0. The van der Waals surface area contributed by atoms with Gasteiger partial charge in [-0.3, -0.25) is 0 Å². The Hall–Kier alpha value is -1.45. The van der Waals surface area contributed by atoms with Crippen LogP contribution >= 0.6 is 7.75 Å². The number of benzene rings is 2. The van der Waals surface area contributed by atoms with Crippen molar-refractivity contribution < 1.29 is 14.4 Å². The lowest BCUT2D eigenvalue weighted by Gasteiger charge is -2.34. The molecule has 0 spiro atoms. The minimum Gasteiger partial charge on any atom is -0.312 e. The highest BCUT2D eigenvalue weighted by atomic mass is 31.2. The van der Waals surface area contributed by atoms with Gasteiger partial charge >= 0.3 is 7.75 Å². The van der Waals surface area contributed by atoms with Crippen LogP contribution in [0.5, 0.6) is 0 Å². The molecule has 0 fully saturated rings. The molecule has 4 nitrogen and oxygen atoms in total. The third kappa shape index (κ3) is 4.28. The maximum atomic E-state index is 12.0. The van der Waals surface area contributed by atoms with Gasteiger partial charge in [0.05, 0.1) is 0 Å². The maximum Gasteiger partial charge on any atom is 0.403 e. The fourth-order valence-corrected chi connectivity index (χ4v) is 3.98. The molecule has 118 valence electrons. The van der Waals surface area contributed by atoms with Crippen LogP contribution in [0, 0.1) is 0 Å². The third-order valence-electron chi connectivity index (χ3n) is 3.81. The number of nitrogens with zero attached hydrogens (tertiary/aromatic N) is 1. The van der Waals surface area contributed by atoms with Crippen LogP contribution < -0.4 is 0 Å². The summed E-state index contributed by atoms with van der Waals surface area (Å²) in [6.07, 6.45) is 0.586. The minimum absolute atomic E-state index is 0.279. The number of rotatable bonds is 6. The van der Waals surface area contributed by atoms with Crippen LogP contribution in [0.2, 0.25) is 0 Å². The molecule has 0 aliphatic carbocycles. The molecule has 0 aliphatic rings. The molecule has 2 atom stereocenters. The fraction of sp³-hybridized carbons (Fsp3) is 0.294. The van der Waals surface area contributed by atoms with Gasteiger partial charge in [0.2, 0.25) is 0 Å². The van der Waals surface area contributed by atoms with Gasteiger partial charge in [-0.05, 0) is 31.4 Å². The first-order chi connectivity index (χ1) is 10.4. The average molecular weight is 319 g/mol. The van der Waals surface area contributed by atoms with E-state index in [1.165, 1.54) is 4.67 Å². The molecule has 0 heterocycles. The van der Waals surface area contributed by atoms with Crippen LogP contribution in [0.1, 0.15) is 31.0 Å². The Balaban J connectivity index is 2.25. The minimum atomic E-state index is -4.36. The van der Waals surface area contributed by atoms with Crippen LogP contribution in [-0.2, 0) is 11.0 Å².